The molecule has 0 spiro atoms. The van der Waals surface area contributed by atoms with Crippen molar-refractivity contribution in [2.24, 2.45) is 5.73 Å². The van der Waals surface area contributed by atoms with E-state index in [2.05, 4.69) is 66.7 Å². The topological polar surface area (TPSA) is 44.5 Å². The number of thioether (sulfide) groups is 1. The zero-order chi connectivity index (χ0) is 16.8. The molecule has 0 saturated carbocycles. The molecule has 0 aromatic heterocycles. The van der Waals surface area contributed by atoms with Gasteiger partial charge in [0.15, 0.2) is 0 Å². The van der Waals surface area contributed by atoms with Crippen LogP contribution >= 0.6 is 11.8 Å². The molecule has 1 atom stereocenters. The van der Waals surface area contributed by atoms with Crippen LogP contribution < -0.4 is 5.73 Å². The minimum absolute atomic E-state index is 0.131. The maximum absolute atomic E-state index is 6.50. The summed E-state index contributed by atoms with van der Waals surface area (Å²) in [5.74, 6) is -0.299. The van der Waals surface area contributed by atoms with Crippen LogP contribution in [-0.2, 0) is 9.31 Å². The van der Waals surface area contributed by atoms with E-state index in [1.807, 2.05) is 17.8 Å². The van der Waals surface area contributed by atoms with E-state index in [0.29, 0.717) is 0 Å². The summed E-state index contributed by atoms with van der Waals surface area (Å²) in [5, 5.41) is 0. The zero-order valence-corrected chi connectivity index (χ0v) is 15.6. The number of rotatable bonds is 3. The smallest absolute Gasteiger partial charge is 0.402 e. The molecule has 1 saturated heterocycles. The quantitative estimate of drug-likeness (QED) is 0.669. The van der Waals surface area contributed by atoms with Crippen LogP contribution in [0.15, 0.2) is 29.2 Å². The van der Waals surface area contributed by atoms with Crippen LogP contribution in [0.5, 0.6) is 0 Å². The molecule has 0 bridgehead atoms. The monoisotopic (exact) mass is 321 g/mol. The van der Waals surface area contributed by atoms with Crippen molar-refractivity contribution in [2.45, 2.75) is 75.3 Å². The summed E-state index contributed by atoms with van der Waals surface area (Å²) in [4.78, 5) is 1.19. The molecule has 1 fully saturated rings. The van der Waals surface area contributed by atoms with Crippen molar-refractivity contribution in [1.82, 2.24) is 0 Å². The summed E-state index contributed by atoms with van der Waals surface area (Å²) in [6, 6.07) is 8.27. The van der Waals surface area contributed by atoms with Gasteiger partial charge in [0.2, 0.25) is 0 Å². The third kappa shape index (κ3) is 3.70. The largest absolute Gasteiger partial charge is 0.480 e. The van der Waals surface area contributed by atoms with Crippen molar-refractivity contribution in [2.75, 3.05) is 0 Å². The van der Waals surface area contributed by atoms with Crippen molar-refractivity contribution in [3.8, 4) is 0 Å². The molecule has 122 valence electrons. The predicted octanol–water partition coefficient (Wildman–Crippen LogP) is 4.21. The minimum Gasteiger partial charge on any atom is -0.402 e. The normalized spacial score (nSPS) is 21.9. The van der Waals surface area contributed by atoms with Crippen LogP contribution in [-0.4, -0.2) is 23.1 Å². The van der Waals surface area contributed by atoms with Crippen LogP contribution in [0.1, 0.15) is 60.0 Å². The molecule has 0 unspecified atom stereocenters. The van der Waals surface area contributed by atoms with Crippen molar-refractivity contribution in [3.63, 3.8) is 0 Å². The summed E-state index contributed by atoms with van der Waals surface area (Å²) >= 11 is 1.82. The fourth-order valence-electron chi connectivity index (χ4n) is 2.36. The van der Waals surface area contributed by atoms with Crippen molar-refractivity contribution in [1.29, 1.82) is 0 Å². The van der Waals surface area contributed by atoms with E-state index in [4.69, 9.17) is 15.0 Å². The highest BCUT2D eigenvalue weighted by molar-refractivity contribution is 8.00. The van der Waals surface area contributed by atoms with Gasteiger partial charge in [-0.3, -0.25) is 0 Å². The second-order valence-electron chi connectivity index (χ2n) is 7.90. The summed E-state index contributed by atoms with van der Waals surface area (Å²) in [6.45, 7) is 14.8. The first kappa shape index (κ1) is 17.9. The first-order valence-corrected chi connectivity index (χ1v) is 8.64. The van der Waals surface area contributed by atoms with Gasteiger partial charge in [-0.1, -0.05) is 39.0 Å². The number of hydrogen-bond donors (Lipinski definition) is 1. The maximum atomic E-state index is 6.50. The Kier molecular flexibility index (Phi) is 4.76. The van der Waals surface area contributed by atoms with Crippen LogP contribution in [0.2, 0.25) is 0 Å². The first-order valence-electron chi connectivity index (χ1n) is 7.82. The summed E-state index contributed by atoms with van der Waals surface area (Å²) in [5.41, 5.74) is 6.86. The van der Waals surface area contributed by atoms with E-state index < -0.39 is 7.12 Å². The number of hydrogen-bond acceptors (Lipinski definition) is 4. The second-order valence-corrected chi connectivity index (χ2v) is 9.77. The van der Waals surface area contributed by atoms with E-state index in [0.717, 1.165) is 5.56 Å². The molecule has 1 aromatic rings. The minimum atomic E-state index is -0.424. The fraction of sp³-hybridized carbons (Fsp3) is 0.647. The van der Waals surface area contributed by atoms with Crippen LogP contribution in [0, 0.1) is 0 Å². The predicted molar refractivity (Wildman–Crippen MR) is 95.1 cm³/mol. The average molecular weight is 321 g/mol. The van der Waals surface area contributed by atoms with Crippen LogP contribution in [0.25, 0.3) is 0 Å². The molecule has 22 heavy (non-hydrogen) atoms. The SMILES string of the molecule is CC(C)(C)Sc1ccccc1[C@@H](N)B1OC(C)(C)C(C)(C)O1. The Morgan fingerprint density at radius 3 is 2.05 bits per heavy atom. The number of benzene rings is 1. The van der Waals surface area contributed by atoms with Gasteiger partial charge in [-0.2, -0.15) is 0 Å². The molecule has 3 nitrogen and oxygen atoms in total. The van der Waals surface area contributed by atoms with Gasteiger partial charge in [-0.25, -0.2) is 0 Å². The van der Waals surface area contributed by atoms with Gasteiger partial charge < -0.3 is 15.0 Å². The standard InChI is InChI=1S/C17H28BNO2S/c1-15(2,3)22-13-11-9-8-10-12(13)14(19)18-20-16(4,5)17(6,7)21-18/h8-11,14H,19H2,1-7H3/t14-/m1/s1. The highest BCUT2D eigenvalue weighted by Crippen LogP contribution is 2.42. The van der Waals surface area contributed by atoms with Crippen molar-refractivity contribution < 1.29 is 9.31 Å². The fourth-order valence-corrected chi connectivity index (χ4v) is 3.49. The molecule has 1 aliphatic rings. The van der Waals surface area contributed by atoms with E-state index in [-0.39, 0.29) is 21.9 Å². The van der Waals surface area contributed by atoms with Crippen LogP contribution in [0.3, 0.4) is 0 Å². The summed E-state index contributed by atoms with van der Waals surface area (Å²) in [7, 11) is -0.424. The molecule has 5 heteroatoms. The zero-order valence-electron chi connectivity index (χ0n) is 14.8. The first-order chi connectivity index (χ1) is 9.93. The van der Waals surface area contributed by atoms with E-state index in [1.165, 1.54) is 4.90 Å². The highest BCUT2D eigenvalue weighted by Gasteiger charge is 2.53. The van der Waals surface area contributed by atoms with E-state index >= 15 is 0 Å². The lowest BCUT2D eigenvalue weighted by molar-refractivity contribution is 0.00578. The second kappa shape index (κ2) is 5.86. The molecule has 2 rings (SSSR count). The molecule has 1 aliphatic heterocycles. The Morgan fingerprint density at radius 1 is 1.05 bits per heavy atom. The molecular weight excluding hydrogens is 293 g/mol. The number of nitrogens with two attached hydrogens (primary N) is 1. The maximum Gasteiger partial charge on any atom is 0.480 e. The van der Waals surface area contributed by atoms with Gasteiger partial charge >= 0.3 is 7.12 Å². The molecule has 1 heterocycles. The van der Waals surface area contributed by atoms with Gasteiger partial charge in [0, 0.05) is 9.64 Å². The molecule has 0 amide bonds. The molecular formula is C17H28BNO2S. The third-order valence-electron chi connectivity index (χ3n) is 4.26. The third-order valence-corrected chi connectivity index (χ3v) is 5.46. The van der Waals surface area contributed by atoms with E-state index in [1.54, 1.807) is 0 Å². The lowest BCUT2D eigenvalue weighted by Crippen LogP contribution is -2.41. The van der Waals surface area contributed by atoms with E-state index in [9.17, 15) is 0 Å². The van der Waals surface area contributed by atoms with Crippen LogP contribution in [0.4, 0.5) is 0 Å². The van der Waals surface area contributed by atoms with Crippen molar-refractivity contribution in [3.05, 3.63) is 29.8 Å². The molecule has 2 N–H and O–H groups in total. The lowest BCUT2D eigenvalue weighted by atomic mass is 9.75. The molecule has 0 aliphatic carbocycles. The lowest BCUT2D eigenvalue weighted by Gasteiger charge is -2.32. The van der Waals surface area contributed by atoms with Gasteiger partial charge in [-0.15, -0.1) is 11.8 Å². The van der Waals surface area contributed by atoms with Crippen molar-refractivity contribution >= 4 is 18.9 Å². The Balaban J connectivity index is 2.26. The Bertz CT molecular complexity index is 524. The Morgan fingerprint density at radius 2 is 1.55 bits per heavy atom. The average Bonchev–Trinajstić information content (AvgIpc) is 2.56. The molecule has 0 radical (unpaired) electrons. The highest BCUT2D eigenvalue weighted by atomic mass is 32.2. The van der Waals surface area contributed by atoms with Gasteiger partial charge in [0.25, 0.3) is 0 Å². The molecule has 1 aromatic carbocycles. The van der Waals surface area contributed by atoms with Gasteiger partial charge in [0.1, 0.15) is 0 Å². The Labute approximate surface area is 139 Å². The summed E-state index contributed by atoms with van der Waals surface area (Å²) < 4.78 is 12.3. The Hall–Kier alpha value is -0.485. The van der Waals surface area contributed by atoms with Gasteiger partial charge in [-0.05, 0) is 39.3 Å². The van der Waals surface area contributed by atoms with Gasteiger partial charge in [0.05, 0.1) is 17.1 Å². The summed E-state index contributed by atoms with van der Waals surface area (Å²) in [6.07, 6.45) is 0.